The topological polar surface area (TPSA) is 55.9 Å². The van der Waals surface area contributed by atoms with Crippen molar-refractivity contribution in [3.05, 3.63) is 53.3 Å². The molecule has 0 aliphatic heterocycles. The van der Waals surface area contributed by atoms with E-state index in [-0.39, 0.29) is 11.5 Å². The van der Waals surface area contributed by atoms with Crippen LogP contribution in [-0.4, -0.2) is 9.78 Å². The molecule has 0 aliphatic carbocycles. The smallest absolute Gasteiger partial charge is 0.0743 e. The summed E-state index contributed by atoms with van der Waals surface area (Å²) in [6.07, 6.45) is 3.84. The van der Waals surface area contributed by atoms with Gasteiger partial charge in [-0.05, 0) is 16.5 Å². The van der Waals surface area contributed by atoms with Crippen molar-refractivity contribution < 1.29 is 0 Å². The summed E-state index contributed by atoms with van der Waals surface area (Å²) in [6, 6.07) is 8.37. The first-order valence-corrected chi connectivity index (χ1v) is 6.47. The van der Waals surface area contributed by atoms with E-state index in [1.54, 1.807) is 4.68 Å². The maximum atomic E-state index is 5.77. The molecule has 2 aromatic rings. The summed E-state index contributed by atoms with van der Waals surface area (Å²) >= 11 is 0. The minimum Gasteiger partial charge on any atom is -0.275 e. The molecule has 0 fully saturated rings. The monoisotopic (exact) mass is 258 g/mol. The van der Waals surface area contributed by atoms with Crippen LogP contribution < -0.4 is 11.3 Å². The molecular formula is C15H22N4. The van der Waals surface area contributed by atoms with Gasteiger partial charge in [-0.3, -0.25) is 10.5 Å². The highest BCUT2D eigenvalue weighted by molar-refractivity contribution is 5.39. The van der Waals surface area contributed by atoms with Gasteiger partial charge in [-0.1, -0.05) is 45.0 Å². The number of hydrogen-bond acceptors (Lipinski definition) is 3. The van der Waals surface area contributed by atoms with Crippen molar-refractivity contribution in [2.24, 2.45) is 12.9 Å². The first kappa shape index (κ1) is 13.8. The lowest BCUT2D eigenvalue weighted by Crippen LogP contribution is -2.30. The zero-order valence-electron chi connectivity index (χ0n) is 12.0. The average Bonchev–Trinajstić information content (AvgIpc) is 2.76. The summed E-state index contributed by atoms with van der Waals surface area (Å²) < 4.78 is 1.79. The molecule has 0 radical (unpaired) electrons. The largest absolute Gasteiger partial charge is 0.275 e. The number of hydrogen-bond donors (Lipinski definition) is 2. The summed E-state index contributed by atoms with van der Waals surface area (Å²) in [5.41, 5.74) is 6.55. The SMILES string of the molecule is Cn1cc(C(NN)c2ccccc2C(C)(C)C)cn1. The minimum atomic E-state index is -0.0378. The quantitative estimate of drug-likeness (QED) is 0.656. The predicted octanol–water partition coefficient (Wildman–Crippen LogP) is 2.27. The molecule has 0 amide bonds. The Balaban J connectivity index is 2.50. The van der Waals surface area contributed by atoms with Crippen molar-refractivity contribution in [2.75, 3.05) is 0 Å². The van der Waals surface area contributed by atoms with Crippen LogP contribution in [-0.2, 0) is 12.5 Å². The van der Waals surface area contributed by atoms with E-state index in [0.29, 0.717) is 0 Å². The van der Waals surface area contributed by atoms with Crippen molar-refractivity contribution >= 4 is 0 Å². The van der Waals surface area contributed by atoms with Gasteiger partial charge in [-0.2, -0.15) is 5.10 Å². The Kier molecular flexibility index (Phi) is 3.73. The van der Waals surface area contributed by atoms with Gasteiger partial charge in [0.2, 0.25) is 0 Å². The third-order valence-corrected chi connectivity index (χ3v) is 3.30. The zero-order valence-corrected chi connectivity index (χ0v) is 12.0. The van der Waals surface area contributed by atoms with E-state index >= 15 is 0 Å². The number of nitrogens with one attached hydrogen (secondary N) is 1. The number of rotatable bonds is 3. The molecule has 1 aromatic heterocycles. The molecule has 1 atom stereocenters. The van der Waals surface area contributed by atoms with Crippen LogP contribution in [0, 0.1) is 0 Å². The maximum Gasteiger partial charge on any atom is 0.0743 e. The minimum absolute atomic E-state index is 0.0378. The molecule has 1 unspecified atom stereocenters. The Bertz CT molecular complexity index is 551. The van der Waals surface area contributed by atoms with E-state index in [1.165, 1.54) is 11.1 Å². The molecule has 0 bridgehead atoms. The summed E-state index contributed by atoms with van der Waals surface area (Å²) in [7, 11) is 1.91. The molecule has 4 nitrogen and oxygen atoms in total. The van der Waals surface area contributed by atoms with Gasteiger partial charge in [-0.15, -0.1) is 0 Å². The molecule has 3 N–H and O–H groups in total. The average molecular weight is 258 g/mol. The Morgan fingerprint density at radius 1 is 1.26 bits per heavy atom. The third-order valence-electron chi connectivity index (χ3n) is 3.30. The van der Waals surface area contributed by atoms with Gasteiger partial charge in [-0.25, -0.2) is 5.43 Å². The van der Waals surface area contributed by atoms with Gasteiger partial charge in [0.1, 0.15) is 0 Å². The Morgan fingerprint density at radius 3 is 2.47 bits per heavy atom. The van der Waals surface area contributed by atoms with Crippen LogP contribution in [0.2, 0.25) is 0 Å². The van der Waals surface area contributed by atoms with Gasteiger partial charge >= 0.3 is 0 Å². The molecule has 0 spiro atoms. The first-order chi connectivity index (χ1) is 8.93. The molecule has 2 rings (SSSR count). The highest BCUT2D eigenvalue weighted by Crippen LogP contribution is 2.32. The number of nitrogens with two attached hydrogens (primary N) is 1. The number of nitrogens with zero attached hydrogens (tertiary/aromatic N) is 2. The fourth-order valence-electron chi connectivity index (χ4n) is 2.39. The first-order valence-electron chi connectivity index (χ1n) is 6.47. The fraction of sp³-hybridized carbons (Fsp3) is 0.400. The molecule has 0 saturated carbocycles. The van der Waals surface area contributed by atoms with E-state index in [1.807, 2.05) is 25.5 Å². The van der Waals surface area contributed by atoms with Gasteiger partial charge in [0.25, 0.3) is 0 Å². The van der Waals surface area contributed by atoms with Crippen LogP contribution in [0.3, 0.4) is 0 Å². The van der Waals surface area contributed by atoms with Gasteiger partial charge in [0.05, 0.1) is 12.2 Å². The van der Waals surface area contributed by atoms with Crippen LogP contribution >= 0.6 is 0 Å². The molecule has 4 heteroatoms. The Labute approximate surface area is 114 Å². The van der Waals surface area contributed by atoms with Crippen LogP contribution in [0.4, 0.5) is 0 Å². The van der Waals surface area contributed by atoms with Gasteiger partial charge < -0.3 is 0 Å². The van der Waals surface area contributed by atoms with Crippen LogP contribution in [0.15, 0.2) is 36.7 Å². The van der Waals surface area contributed by atoms with Crippen LogP contribution in [0.1, 0.15) is 43.5 Å². The van der Waals surface area contributed by atoms with Gasteiger partial charge in [0, 0.05) is 18.8 Å². The second-order valence-corrected chi connectivity index (χ2v) is 5.88. The van der Waals surface area contributed by atoms with Crippen LogP contribution in [0.5, 0.6) is 0 Å². The van der Waals surface area contributed by atoms with E-state index < -0.39 is 0 Å². The lowest BCUT2D eigenvalue weighted by Gasteiger charge is -2.26. The molecule has 102 valence electrons. The lowest BCUT2D eigenvalue weighted by molar-refractivity contribution is 0.557. The predicted molar refractivity (Wildman–Crippen MR) is 77.5 cm³/mol. The number of aryl methyl sites for hydroxylation is 1. The number of benzene rings is 1. The second-order valence-electron chi connectivity index (χ2n) is 5.88. The Morgan fingerprint density at radius 2 is 1.95 bits per heavy atom. The standard InChI is InChI=1S/C15H22N4/c1-15(2,3)13-8-6-5-7-12(13)14(18-16)11-9-17-19(4)10-11/h5-10,14,18H,16H2,1-4H3. The van der Waals surface area contributed by atoms with E-state index in [2.05, 4.69) is 49.5 Å². The number of aromatic nitrogens is 2. The second kappa shape index (κ2) is 5.15. The molecule has 1 aromatic carbocycles. The summed E-state index contributed by atoms with van der Waals surface area (Å²) in [4.78, 5) is 0. The normalized spacial score (nSPS) is 13.5. The van der Waals surface area contributed by atoms with E-state index in [0.717, 1.165) is 5.56 Å². The van der Waals surface area contributed by atoms with Crippen molar-refractivity contribution in [2.45, 2.75) is 32.2 Å². The lowest BCUT2D eigenvalue weighted by atomic mass is 9.81. The van der Waals surface area contributed by atoms with Crippen molar-refractivity contribution in [3.63, 3.8) is 0 Å². The van der Waals surface area contributed by atoms with Crippen LogP contribution in [0.25, 0.3) is 0 Å². The van der Waals surface area contributed by atoms with E-state index in [9.17, 15) is 0 Å². The highest BCUT2D eigenvalue weighted by atomic mass is 15.3. The maximum absolute atomic E-state index is 5.77. The van der Waals surface area contributed by atoms with Gasteiger partial charge in [0.15, 0.2) is 0 Å². The fourth-order valence-corrected chi connectivity index (χ4v) is 2.39. The Hall–Kier alpha value is -1.65. The molecule has 0 saturated heterocycles. The summed E-state index contributed by atoms with van der Waals surface area (Å²) in [5, 5.41) is 4.22. The number of hydrazine groups is 1. The van der Waals surface area contributed by atoms with Crippen molar-refractivity contribution in [1.29, 1.82) is 0 Å². The highest BCUT2D eigenvalue weighted by Gasteiger charge is 2.23. The van der Waals surface area contributed by atoms with Crippen molar-refractivity contribution in [3.8, 4) is 0 Å². The summed E-state index contributed by atoms with van der Waals surface area (Å²) in [6.45, 7) is 6.63. The third kappa shape index (κ3) is 2.85. The molecular weight excluding hydrogens is 236 g/mol. The molecule has 1 heterocycles. The molecule has 0 aliphatic rings. The summed E-state index contributed by atoms with van der Waals surface area (Å²) in [5.74, 6) is 5.77. The zero-order chi connectivity index (χ0) is 14.0. The molecule has 19 heavy (non-hydrogen) atoms. The van der Waals surface area contributed by atoms with E-state index in [4.69, 9.17) is 5.84 Å². The van der Waals surface area contributed by atoms with Crippen molar-refractivity contribution in [1.82, 2.24) is 15.2 Å².